The van der Waals surface area contributed by atoms with Gasteiger partial charge in [-0.25, -0.2) is 9.36 Å². The number of carbonyl (C=O) groups excluding carboxylic acids is 1. The van der Waals surface area contributed by atoms with Gasteiger partial charge in [-0.3, -0.25) is 4.79 Å². The average molecular weight is 442 g/mol. The summed E-state index contributed by atoms with van der Waals surface area (Å²) in [6.07, 6.45) is 5.25. The number of hydrogen-bond acceptors (Lipinski definition) is 5. The standard InChI is InChI=1S/C25H27N7O/c1-17-4-10-20(11-5-17)32-23-13-25(2,3)12-22(21(23)14-27-32)28-24(33)19-8-6-18(7-9-19)15-31-16-26-29-30-31/h4-11,14,16,22H,12-13,15H2,1-3H3,(H,28,33)/t22-/m0/s1. The zero-order chi connectivity index (χ0) is 23.0. The number of aromatic nitrogens is 6. The van der Waals surface area contributed by atoms with Crippen LogP contribution in [0.5, 0.6) is 0 Å². The molecule has 0 bridgehead atoms. The zero-order valence-electron chi connectivity index (χ0n) is 19.1. The molecule has 5 rings (SSSR count). The summed E-state index contributed by atoms with van der Waals surface area (Å²) in [5.74, 6) is -0.0827. The van der Waals surface area contributed by atoms with Crippen LogP contribution in [0.15, 0.2) is 61.1 Å². The summed E-state index contributed by atoms with van der Waals surface area (Å²) in [4.78, 5) is 13.1. The molecule has 8 heteroatoms. The minimum Gasteiger partial charge on any atom is -0.345 e. The molecule has 33 heavy (non-hydrogen) atoms. The molecule has 8 nitrogen and oxygen atoms in total. The Morgan fingerprint density at radius 2 is 1.88 bits per heavy atom. The first kappa shape index (κ1) is 21.1. The highest BCUT2D eigenvalue weighted by atomic mass is 16.1. The number of benzene rings is 2. The molecule has 168 valence electrons. The van der Waals surface area contributed by atoms with E-state index in [0.29, 0.717) is 12.1 Å². The topological polar surface area (TPSA) is 90.5 Å². The first-order chi connectivity index (χ1) is 15.9. The van der Waals surface area contributed by atoms with Crippen molar-refractivity contribution in [3.05, 3.63) is 89.0 Å². The van der Waals surface area contributed by atoms with Gasteiger partial charge in [0.15, 0.2) is 0 Å². The van der Waals surface area contributed by atoms with Crippen LogP contribution in [0.3, 0.4) is 0 Å². The Balaban J connectivity index is 1.36. The maximum absolute atomic E-state index is 13.1. The van der Waals surface area contributed by atoms with Crippen molar-refractivity contribution in [1.29, 1.82) is 0 Å². The number of amides is 1. The predicted octanol–water partition coefficient (Wildman–Crippen LogP) is 3.66. The Hall–Kier alpha value is -3.81. The largest absolute Gasteiger partial charge is 0.345 e. The highest BCUT2D eigenvalue weighted by molar-refractivity contribution is 5.94. The Labute approximate surface area is 192 Å². The van der Waals surface area contributed by atoms with E-state index in [2.05, 4.69) is 71.0 Å². The van der Waals surface area contributed by atoms with Crippen molar-refractivity contribution in [1.82, 2.24) is 35.3 Å². The minimum absolute atomic E-state index is 0.0448. The molecule has 2 heterocycles. The SMILES string of the molecule is Cc1ccc(-n2ncc3c2CC(C)(C)C[C@@H]3NC(=O)c2ccc(Cn3cnnn3)cc2)cc1. The molecular weight excluding hydrogens is 414 g/mol. The van der Waals surface area contributed by atoms with Crippen molar-refractivity contribution in [2.45, 2.75) is 46.2 Å². The number of rotatable bonds is 5. The summed E-state index contributed by atoms with van der Waals surface area (Å²) in [6.45, 7) is 7.13. The highest BCUT2D eigenvalue weighted by Crippen LogP contribution is 2.41. The van der Waals surface area contributed by atoms with Gasteiger partial charge in [0.1, 0.15) is 6.33 Å². The lowest BCUT2D eigenvalue weighted by atomic mass is 9.74. The average Bonchev–Trinajstić information content (AvgIpc) is 3.44. The van der Waals surface area contributed by atoms with Crippen LogP contribution < -0.4 is 5.32 Å². The van der Waals surface area contributed by atoms with Crippen LogP contribution in [0, 0.1) is 12.3 Å². The quantitative estimate of drug-likeness (QED) is 0.510. The van der Waals surface area contributed by atoms with Gasteiger partial charge in [-0.1, -0.05) is 43.7 Å². The van der Waals surface area contributed by atoms with Crippen LogP contribution in [0.25, 0.3) is 5.69 Å². The van der Waals surface area contributed by atoms with Crippen LogP contribution in [0.2, 0.25) is 0 Å². The molecule has 2 aromatic heterocycles. The number of nitrogens with one attached hydrogen (secondary N) is 1. The molecule has 2 aromatic carbocycles. The summed E-state index contributed by atoms with van der Waals surface area (Å²) >= 11 is 0. The smallest absolute Gasteiger partial charge is 0.251 e. The molecule has 1 aliphatic rings. The van der Waals surface area contributed by atoms with E-state index in [9.17, 15) is 4.79 Å². The molecule has 1 N–H and O–H groups in total. The third-order valence-electron chi connectivity index (χ3n) is 6.22. The molecular formula is C25H27N7O. The fourth-order valence-electron chi connectivity index (χ4n) is 4.52. The first-order valence-electron chi connectivity index (χ1n) is 11.1. The van der Waals surface area contributed by atoms with Gasteiger partial charge >= 0.3 is 0 Å². The lowest BCUT2D eigenvalue weighted by Gasteiger charge is -2.36. The Morgan fingerprint density at radius 3 is 2.58 bits per heavy atom. The Kier molecular flexibility index (Phi) is 5.28. The van der Waals surface area contributed by atoms with Crippen molar-refractivity contribution >= 4 is 5.91 Å². The van der Waals surface area contributed by atoms with Crippen molar-refractivity contribution in [3.8, 4) is 5.69 Å². The first-order valence-corrected chi connectivity index (χ1v) is 11.1. The van der Waals surface area contributed by atoms with Gasteiger partial charge in [-0.15, -0.1) is 5.10 Å². The summed E-state index contributed by atoms with van der Waals surface area (Å²) in [5, 5.41) is 19.1. The number of carbonyl (C=O) groups is 1. The number of nitrogens with zero attached hydrogens (tertiary/aromatic N) is 6. The van der Waals surface area contributed by atoms with E-state index in [-0.39, 0.29) is 17.4 Å². The van der Waals surface area contributed by atoms with E-state index >= 15 is 0 Å². The van der Waals surface area contributed by atoms with Crippen LogP contribution in [0.4, 0.5) is 0 Å². The fourth-order valence-corrected chi connectivity index (χ4v) is 4.52. The molecule has 0 saturated heterocycles. The molecule has 0 radical (unpaired) electrons. The molecule has 1 atom stereocenters. The predicted molar refractivity (Wildman–Crippen MR) is 124 cm³/mol. The van der Waals surface area contributed by atoms with E-state index in [0.717, 1.165) is 35.3 Å². The van der Waals surface area contributed by atoms with Crippen LogP contribution in [-0.4, -0.2) is 35.9 Å². The second-order valence-electron chi connectivity index (χ2n) is 9.57. The van der Waals surface area contributed by atoms with E-state index < -0.39 is 0 Å². The molecule has 0 unspecified atom stereocenters. The fraction of sp³-hybridized carbons (Fsp3) is 0.320. The second kappa shape index (κ2) is 8.27. The van der Waals surface area contributed by atoms with Crippen LogP contribution in [0.1, 0.15) is 59.1 Å². The van der Waals surface area contributed by atoms with E-state index in [1.54, 1.807) is 11.0 Å². The molecule has 1 amide bonds. The van der Waals surface area contributed by atoms with Crippen molar-refractivity contribution < 1.29 is 4.79 Å². The Morgan fingerprint density at radius 1 is 1.12 bits per heavy atom. The third kappa shape index (κ3) is 4.41. The molecule has 0 spiro atoms. The van der Waals surface area contributed by atoms with Crippen LogP contribution >= 0.6 is 0 Å². The summed E-state index contributed by atoms with van der Waals surface area (Å²) in [7, 11) is 0. The molecule has 0 aliphatic heterocycles. The van der Waals surface area contributed by atoms with Crippen LogP contribution in [-0.2, 0) is 13.0 Å². The van der Waals surface area contributed by atoms with Crippen molar-refractivity contribution in [2.75, 3.05) is 0 Å². The zero-order valence-corrected chi connectivity index (χ0v) is 19.1. The van der Waals surface area contributed by atoms with E-state index in [1.165, 1.54) is 5.56 Å². The molecule has 0 saturated carbocycles. The van der Waals surface area contributed by atoms with Gasteiger partial charge in [-0.2, -0.15) is 5.10 Å². The normalized spacial score (nSPS) is 16.9. The maximum atomic E-state index is 13.1. The second-order valence-corrected chi connectivity index (χ2v) is 9.57. The van der Waals surface area contributed by atoms with E-state index in [4.69, 9.17) is 0 Å². The monoisotopic (exact) mass is 441 g/mol. The Bertz CT molecular complexity index is 1260. The number of hydrogen-bond donors (Lipinski definition) is 1. The molecule has 0 fully saturated rings. The third-order valence-corrected chi connectivity index (χ3v) is 6.22. The highest BCUT2D eigenvalue weighted by Gasteiger charge is 2.36. The van der Waals surface area contributed by atoms with Gasteiger partial charge in [-0.05, 0) is 65.4 Å². The summed E-state index contributed by atoms with van der Waals surface area (Å²) < 4.78 is 3.66. The van der Waals surface area contributed by atoms with Gasteiger partial charge < -0.3 is 5.32 Å². The minimum atomic E-state index is -0.0867. The van der Waals surface area contributed by atoms with Gasteiger partial charge in [0.2, 0.25) is 0 Å². The van der Waals surface area contributed by atoms with Gasteiger partial charge in [0.25, 0.3) is 5.91 Å². The van der Waals surface area contributed by atoms with Gasteiger partial charge in [0, 0.05) is 11.1 Å². The van der Waals surface area contributed by atoms with Gasteiger partial charge in [0.05, 0.1) is 30.2 Å². The number of tetrazole rings is 1. The van der Waals surface area contributed by atoms with Crippen molar-refractivity contribution in [2.24, 2.45) is 5.41 Å². The summed E-state index contributed by atoms with van der Waals surface area (Å²) in [5.41, 5.74) is 6.22. The van der Waals surface area contributed by atoms with Crippen molar-refractivity contribution in [3.63, 3.8) is 0 Å². The number of aryl methyl sites for hydroxylation is 1. The molecule has 4 aromatic rings. The van der Waals surface area contributed by atoms with E-state index in [1.807, 2.05) is 35.1 Å². The maximum Gasteiger partial charge on any atom is 0.251 e. The number of fused-ring (bicyclic) bond motifs is 1. The summed E-state index contributed by atoms with van der Waals surface area (Å²) in [6, 6.07) is 15.9. The lowest BCUT2D eigenvalue weighted by Crippen LogP contribution is -2.36. The molecule has 1 aliphatic carbocycles. The lowest BCUT2D eigenvalue weighted by molar-refractivity contribution is 0.0919.